The highest BCUT2D eigenvalue weighted by Crippen LogP contribution is 2.45. The van der Waals surface area contributed by atoms with Crippen LogP contribution in [-0.4, -0.2) is 207 Å². The van der Waals surface area contributed by atoms with Crippen LogP contribution >= 0.6 is 92.8 Å². The molecule has 12 aromatic rings. The van der Waals surface area contributed by atoms with Crippen molar-refractivity contribution in [3.8, 4) is 24.3 Å². The molecule has 0 spiro atoms. The maximum Gasteiger partial charge on any atom is 0.234 e. The van der Waals surface area contributed by atoms with E-state index in [4.69, 9.17) is 124 Å². The van der Waals surface area contributed by atoms with Crippen LogP contribution in [0, 0.1) is 69.0 Å². The molecular weight excluding hydrogens is 2000 g/mol. The SMILES string of the molecule is CC1CC(c2cnc3c(C#N)nn(C(C)c4ccc(Cl)cc4Cl)c3n2)=CCC1N1CCCC1C.CC1CC(c2cnc3c(C#N)nn(C(C)c4ccc(Cl)cc4Cl)c3n2)=CCC1N1CCCC1C(N)=O.CC1CC(c2cnc3c(C#N)nn(C(C)c4ccc(Cl)cc4Cl)c3n2)=CCC1N1CCCC1CN.CC1CC(c2cnc3c(C#N)nn(C(C)c4ccc(Cl)cc4Cl)c3n2)=CCC1N1CCCC1CNS(C)(=O)=O. The number of likely N-dealkylation sites (tertiary alicyclic amines) is 4. The van der Waals surface area contributed by atoms with Gasteiger partial charge in [0.05, 0.1) is 84.0 Å². The van der Waals surface area contributed by atoms with Crippen LogP contribution < -0.4 is 16.2 Å². The molecule has 39 heteroatoms. The van der Waals surface area contributed by atoms with Crippen molar-refractivity contribution in [3.05, 3.63) is 230 Å². The molecule has 8 aromatic heterocycles. The minimum atomic E-state index is -3.22. The van der Waals surface area contributed by atoms with Crippen LogP contribution in [0.3, 0.4) is 0 Å². The Bertz CT molecular complexity index is 7330. The first-order chi connectivity index (χ1) is 69.1. The lowest BCUT2D eigenvalue weighted by Crippen LogP contribution is -2.48. The summed E-state index contributed by atoms with van der Waals surface area (Å²) in [5, 5.41) is 61.1. The second kappa shape index (κ2) is 45.1. The van der Waals surface area contributed by atoms with Crippen molar-refractivity contribution in [2.45, 2.75) is 238 Å². The van der Waals surface area contributed by atoms with E-state index in [0.717, 1.165) is 159 Å². The number of carbonyl (C=O) groups excluding carboxylic acids is 1. The highest BCUT2D eigenvalue weighted by molar-refractivity contribution is 7.88. The molecule has 144 heavy (non-hydrogen) atoms. The molecule has 750 valence electrons. The predicted molar refractivity (Wildman–Crippen MR) is 568 cm³/mol. The third-order valence-corrected chi connectivity index (χ3v) is 33.3. The molecule has 12 heterocycles. The largest absolute Gasteiger partial charge is 0.368 e. The summed E-state index contributed by atoms with van der Waals surface area (Å²) in [4.78, 5) is 60.2. The number of amides is 1. The molecule has 0 saturated carbocycles. The monoisotopic (exact) mass is 2110 g/mol. The number of nitrogens with two attached hydrogens (primary N) is 2. The number of hydrogen-bond donors (Lipinski definition) is 3. The molecule has 16 unspecified atom stereocenters. The summed E-state index contributed by atoms with van der Waals surface area (Å²) in [6, 6.07) is 31.9. The van der Waals surface area contributed by atoms with E-state index in [9.17, 15) is 34.3 Å². The molecule has 16 atom stereocenters. The Morgan fingerprint density at radius 1 is 0.417 bits per heavy atom. The van der Waals surface area contributed by atoms with Crippen molar-refractivity contribution in [1.29, 1.82) is 21.0 Å². The molecule has 4 fully saturated rings. The zero-order chi connectivity index (χ0) is 102. The minimum Gasteiger partial charge on any atom is -0.368 e. The normalized spacial score (nSPS) is 23.6. The number of allylic oxidation sites excluding steroid dienone is 4. The topological polar surface area (TPSA) is 398 Å². The number of nitriles is 4. The van der Waals surface area contributed by atoms with Gasteiger partial charge < -0.3 is 11.5 Å². The van der Waals surface area contributed by atoms with E-state index in [2.05, 4.69) is 148 Å². The number of halogens is 8. The van der Waals surface area contributed by atoms with Gasteiger partial charge in [0.15, 0.2) is 45.4 Å². The fourth-order valence-corrected chi connectivity index (χ4v) is 25.5. The fraction of sp³-hybridized carbons (Fsp3) is 0.457. The first kappa shape index (κ1) is 105. The number of hydrogen-bond acceptors (Lipinski definition) is 24. The van der Waals surface area contributed by atoms with Crippen molar-refractivity contribution in [2.75, 3.05) is 45.5 Å². The van der Waals surface area contributed by atoms with Gasteiger partial charge in [-0.1, -0.05) is 169 Å². The van der Waals surface area contributed by atoms with Crippen molar-refractivity contribution in [1.82, 2.24) is 103 Å². The molecule has 1 amide bonds. The maximum atomic E-state index is 11.9. The molecule has 4 aliphatic carbocycles. The lowest BCUT2D eigenvalue weighted by molar-refractivity contribution is -0.123. The van der Waals surface area contributed by atoms with Gasteiger partial charge in [0.1, 0.15) is 46.3 Å². The third kappa shape index (κ3) is 22.2. The number of carbonyl (C=O) groups is 1. The third-order valence-electron chi connectivity index (χ3n) is 30.3. The molecule has 20 rings (SSSR count). The second-order valence-electron chi connectivity index (χ2n) is 39.5. The Kier molecular flexibility index (Phi) is 32.8. The number of benzene rings is 4. The van der Waals surface area contributed by atoms with Gasteiger partial charge in [0.2, 0.25) is 15.9 Å². The molecule has 5 N–H and O–H groups in total. The molecular formula is C105H115Cl8N27O3S. The summed E-state index contributed by atoms with van der Waals surface area (Å²) < 4.78 is 32.9. The van der Waals surface area contributed by atoms with Crippen LogP contribution in [0.4, 0.5) is 0 Å². The maximum absolute atomic E-state index is 11.9. The Labute approximate surface area is 878 Å². The van der Waals surface area contributed by atoms with Crippen LogP contribution in [0.1, 0.15) is 257 Å². The van der Waals surface area contributed by atoms with Crippen LogP contribution in [0.25, 0.3) is 66.9 Å². The van der Waals surface area contributed by atoms with E-state index in [1.807, 2.05) is 52.0 Å². The number of rotatable bonds is 21. The minimum absolute atomic E-state index is 0.177. The lowest BCUT2D eigenvalue weighted by atomic mass is 9.83. The average Bonchev–Trinajstić information content (AvgIpc) is 1.62. The van der Waals surface area contributed by atoms with E-state index < -0.39 is 10.0 Å². The Hall–Kier alpha value is -10.5. The molecule has 30 nitrogen and oxygen atoms in total. The molecule has 0 bridgehead atoms. The number of nitrogens with one attached hydrogen (secondary N) is 1. The van der Waals surface area contributed by atoms with Gasteiger partial charge in [0.25, 0.3) is 0 Å². The number of primary amides is 1. The molecule has 4 aliphatic heterocycles. The van der Waals surface area contributed by atoms with E-state index in [1.54, 1.807) is 92.0 Å². The van der Waals surface area contributed by atoms with E-state index in [1.165, 1.54) is 49.6 Å². The van der Waals surface area contributed by atoms with E-state index in [-0.39, 0.29) is 71.0 Å². The van der Waals surface area contributed by atoms with Gasteiger partial charge in [-0.25, -0.2) is 71.7 Å². The van der Waals surface area contributed by atoms with Crippen molar-refractivity contribution >= 4 is 176 Å². The van der Waals surface area contributed by atoms with Crippen LogP contribution in [0.2, 0.25) is 40.2 Å². The molecule has 4 saturated heterocycles. The summed E-state index contributed by atoms with van der Waals surface area (Å²) in [6.07, 6.45) is 33.4. The number of nitrogens with zero attached hydrogens (tertiary/aromatic N) is 24. The van der Waals surface area contributed by atoms with Crippen LogP contribution in [0.5, 0.6) is 0 Å². The lowest BCUT2D eigenvalue weighted by Gasteiger charge is -2.39. The van der Waals surface area contributed by atoms with Gasteiger partial charge in [-0.3, -0.25) is 24.4 Å². The van der Waals surface area contributed by atoms with Gasteiger partial charge in [-0.2, -0.15) is 41.4 Å². The summed E-state index contributed by atoms with van der Waals surface area (Å²) in [5.41, 5.74) is 28.0. The molecule has 0 radical (unpaired) electrons. The number of aromatic nitrogens is 16. The smallest absolute Gasteiger partial charge is 0.234 e. The van der Waals surface area contributed by atoms with Gasteiger partial charge in [-0.15, -0.1) is 0 Å². The van der Waals surface area contributed by atoms with Crippen LogP contribution in [0.15, 0.2) is 122 Å². The number of sulfonamides is 1. The first-order valence-corrected chi connectivity index (χ1v) is 54.2. The summed E-state index contributed by atoms with van der Waals surface area (Å²) in [6.45, 7) is 24.7. The quantitative estimate of drug-likeness (QED) is 0.0601. The van der Waals surface area contributed by atoms with E-state index in [0.29, 0.717) is 145 Å². The summed E-state index contributed by atoms with van der Waals surface area (Å²) in [5.74, 6) is 1.49. The molecule has 4 aromatic carbocycles. The van der Waals surface area contributed by atoms with Gasteiger partial charge in [-0.05, 0) is 280 Å². The van der Waals surface area contributed by atoms with Crippen molar-refractivity contribution < 1.29 is 13.2 Å². The summed E-state index contributed by atoms with van der Waals surface area (Å²) in [7, 11) is -3.22. The highest BCUT2D eigenvalue weighted by atomic mass is 35.5. The Balaban J connectivity index is 0.000000132. The van der Waals surface area contributed by atoms with Crippen LogP contribution in [-0.2, 0) is 14.8 Å². The Morgan fingerprint density at radius 3 is 0.972 bits per heavy atom. The Morgan fingerprint density at radius 2 is 0.694 bits per heavy atom. The van der Waals surface area contributed by atoms with Gasteiger partial charge >= 0.3 is 0 Å². The molecule has 8 aliphatic rings. The van der Waals surface area contributed by atoms with Gasteiger partial charge in [0, 0.05) is 95.6 Å². The highest BCUT2D eigenvalue weighted by Gasteiger charge is 2.42. The number of fused-ring (bicyclic) bond motifs is 4. The fourth-order valence-electron chi connectivity index (χ4n) is 22.7. The summed E-state index contributed by atoms with van der Waals surface area (Å²) >= 11 is 50.2. The first-order valence-electron chi connectivity index (χ1n) is 49.3. The zero-order valence-electron chi connectivity index (χ0n) is 81.9. The van der Waals surface area contributed by atoms with Crippen molar-refractivity contribution in [3.63, 3.8) is 0 Å². The predicted octanol–water partition coefficient (Wildman–Crippen LogP) is 21.1. The standard InChI is InChI=1S/C27H31Cl2N7O2S.C26H27Cl2N7O.C26H29Cl2N7.C26H28Cl2N6/c1-16-11-18(6-9-25(16)35-10-4-5-20(35)14-32-39(3,37)38)24-15-31-26-23(13-30)34-36(27(26)33-24)17(2)21-8-7-19(28)12-22(21)29;1-14-10-16(5-8-22(14)34-9-3-4-23(34)25(30)36)21-13-31-24-20(12-29)33-35(26(24)32-21)15(2)18-7-6-17(27)11-19(18)28;1-15-10-17(5-8-24(15)34-9-3-4-19(34)12-29)23-14-31-25-22(13-30)33-35(26(25)32-23)16(2)20-7-6-18(27)11-21(20)28;1-15-11-18(6-9-24(15)33-10-4-5-16(33)2)23-14-30-25-22(13-29)32-34(26(25)31-23)17(3)20-8-7-19(27)12-21(20)28/h6-8,12,15-17,20,25,32H,4-5,9-11,14H2,1-3H3;5-7,11,13-15,22-23H,3-4,8-10H2,1-2H3,(H2,30,36);5-7,11,14-16,19,24H,3-4,8-10,12,29H2,1-2H3;6-8,12,14-17,24H,4-5,9-11H2,1-3H3. The van der Waals surface area contributed by atoms with E-state index >= 15 is 0 Å². The van der Waals surface area contributed by atoms with Crippen molar-refractivity contribution in [2.24, 2.45) is 35.1 Å². The zero-order valence-corrected chi connectivity index (χ0v) is 88.7. The average molecular weight is 2120 g/mol. The second-order valence-corrected chi connectivity index (χ2v) is 44.7.